The minimum Gasteiger partial charge on any atom is -0.377 e. The van der Waals surface area contributed by atoms with E-state index in [1.165, 1.54) is 29.2 Å². The van der Waals surface area contributed by atoms with Crippen LogP contribution < -0.4 is 10.0 Å². The lowest BCUT2D eigenvalue weighted by Crippen LogP contribution is -2.47. The minimum absolute atomic E-state index is 0.00231. The number of amides is 2. The molecule has 1 aromatic carbocycles. The molecule has 1 saturated heterocycles. The molecule has 1 aliphatic heterocycles. The van der Waals surface area contributed by atoms with E-state index in [0.717, 1.165) is 12.8 Å². The van der Waals surface area contributed by atoms with Crippen molar-refractivity contribution >= 4 is 21.8 Å². The van der Waals surface area contributed by atoms with Gasteiger partial charge in [0, 0.05) is 32.8 Å². The maximum absolute atomic E-state index is 12.7. The average Bonchev–Trinajstić information content (AvgIpc) is 3.18. The van der Waals surface area contributed by atoms with Crippen molar-refractivity contribution in [3.8, 4) is 0 Å². The first-order chi connectivity index (χ1) is 13.6. The average molecular weight is 426 g/mol. The number of sulfonamides is 1. The molecule has 0 aromatic heterocycles. The summed E-state index contributed by atoms with van der Waals surface area (Å²) < 4.78 is 33.1. The lowest BCUT2D eigenvalue weighted by Gasteiger charge is -2.23. The molecule has 162 valence electrons. The lowest BCUT2D eigenvalue weighted by atomic mass is 10.0. The van der Waals surface area contributed by atoms with Crippen LogP contribution in [0.25, 0.3) is 0 Å². The Bertz CT molecular complexity index is 817. The van der Waals surface area contributed by atoms with Gasteiger partial charge in [-0.05, 0) is 43.4 Å². The van der Waals surface area contributed by atoms with Crippen molar-refractivity contribution in [1.29, 1.82) is 0 Å². The predicted molar refractivity (Wildman–Crippen MR) is 110 cm³/mol. The minimum atomic E-state index is -3.77. The molecule has 0 aliphatic carbocycles. The second-order valence-corrected chi connectivity index (χ2v) is 9.67. The highest BCUT2D eigenvalue weighted by Gasteiger charge is 2.25. The zero-order valence-electron chi connectivity index (χ0n) is 17.5. The number of hydrogen-bond donors (Lipinski definition) is 2. The van der Waals surface area contributed by atoms with E-state index in [2.05, 4.69) is 10.0 Å². The van der Waals surface area contributed by atoms with Crippen molar-refractivity contribution in [2.24, 2.45) is 5.92 Å². The van der Waals surface area contributed by atoms with E-state index in [1.54, 1.807) is 14.1 Å². The normalized spacial score (nSPS) is 17.9. The third-order valence-electron chi connectivity index (χ3n) is 4.68. The quantitative estimate of drug-likeness (QED) is 0.622. The van der Waals surface area contributed by atoms with Gasteiger partial charge in [-0.3, -0.25) is 9.59 Å². The smallest absolute Gasteiger partial charge is 0.251 e. The predicted octanol–water partition coefficient (Wildman–Crippen LogP) is 1.38. The van der Waals surface area contributed by atoms with Gasteiger partial charge in [0.05, 0.1) is 11.0 Å². The molecule has 1 fully saturated rings. The van der Waals surface area contributed by atoms with Gasteiger partial charge in [-0.2, -0.15) is 0 Å². The van der Waals surface area contributed by atoms with E-state index in [-0.39, 0.29) is 34.9 Å². The van der Waals surface area contributed by atoms with Crippen LogP contribution in [0.4, 0.5) is 0 Å². The van der Waals surface area contributed by atoms with E-state index in [0.29, 0.717) is 13.0 Å². The van der Waals surface area contributed by atoms with Gasteiger partial charge in [0.2, 0.25) is 15.9 Å². The van der Waals surface area contributed by atoms with Crippen LogP contribution in [0.5, 0.6) is 0 Å². The molecule has 1 heterocycles. The molecule has 2 amide bonds. The number of carbonyl (C=O) groups excluding carboxylic acids is 2. The third kappa shape index (κ3) is 6.80. The molecule has 1 aromatic rings. The molecular formula is C20H31N3O5S. The molecule has 9 heteroatoms. The van der Waals surface area contributed by atoms with Gasteiger partial charge in [0.15, 0.2) is 0 Å². The van der Waals surface area contributed by atoms with E-state index in [1.807, 2.05) is 13.8 Å². The van der Waals surface area contributed by atoms with Crippen LogP contribution in [0.3, 0.4) is 0 Å². The second-order valence-electron chi connectivity index (χ2n) is 7.90. The molecule has 29 heavy (non-hydrogen) atoms. The summed E-state index contributed by atoms with van der Waals surface area (Å²) in [5.41, 5.74) is 0.185. The van der Waals surface area contributed by atoms with Gasteiger partial charge < -0.3 is 15.0 Å². The van der Waals surface area contributed by atoms with E-state index < -0.39 is 22.0 Å². The molecule has 0 bridgehead atoms. The van der Waals surface area contributed by atoms with Crippen LogP contribution in [-0.4, -0.2) is 64.5 Å². The SMILES string of the molecule is CC(C)C[C@@H](NC(=O)c1cccc(S(=O)(=O)NC[C@@H]2CCCO2)c1)C(=O)N(C)C. The molecule has 0 unspecified atom stereocenters. The molecule has 1 aliphatic rings. The number of hydrogen-bond acceptors (Lipinski definition) is 5. The van der Waals surface area contributed by atoms with Crippen molar-refractivity contribution in [3.05, 3.63) is 29.8 Å². The summed E-state index contributed by atoms with van der Waals surface area (Å²) in [6.07, 6.45) is 2.11. The molecule has 2 N–H and O–H groups in total. The fourth-order valence-electron chi connectivity index (χ4n) is 3.14. The van der Waals surface area contributed by atoms with Crippen molar-refractivity contribution in [1.82, 2.24) is 14.9 Å². The third-order valence-corrected chi connectivity index (χ3v) is 6.10. The Balaban J connectivity index is 2.11. The first kappa shape index (κ1) is 23.3. The monoisotopic (exact) mass is 425 g/mol. The Hall–Kier alpha value is -1.97. The van der Waals surface area contributed by atoms with Crippen molar-refractivity contribution in [3.63, 3.8) is 0 Å². The number of rotatable bonds is 9. The van der Waals surface area contributed by atoms with Crippen LogP contribution >= 0.6 is 0 Å². The van der Waals surface area contributed by atoms with Gasteiger partial charge in [0.25, 0.3) is 5.91 Å². The van der Waals surface area contributed by atoms with Gasteiger partial charge in [-0.1, -0.05) is 19.9 Å². The Labute approximate surface area is 173 Å². The van der Waals surface area contributed by atoms with E-state index in [4.69, 9.17) is 4.74 Å². The summed E-state index contributed by atoms with van der Waals surface area (Å²) in [4.78, 5) is 26.5. The zero-order valence-corrected chi connectivity index (χ0v) is 18.3. The first-order valence-electron chi connectivity index (χ1n) is 9.83. The zero-order chi connectivity index (χ0) is 21.6. The molecule has 0 spiro atoms. The van der Waals surface area contributed by atoms with Crippen molar-refractivity contribution < 1.29 is 22.7 Å². The summed E-state index contributed by atoms with van der Waals surface area (Å²) in [5, 5.41) is 2.74. The molecule has 0 radical (unpaired) electrons. The van der Waals surface area contributed by atoms with Crippen LogP contribution in [0.15, 0.2) is 29.2 Å². The van der Waals surface area contributed by atoms with Crippen LogP contribution in [-0.2, 0) is 19.6 Å². The second kappa shape index (κ2) is 10.2. The fourth-order valence-corrected chi connectivity index (χ4v) is 4.25. The Kier molecular flexibility index (Phi) is 8.18. The number of carbonyl (C=O) groups is 2. The Morgan fingerprint density at radius 2 is 2.00 bits per heavy atom. The van der Waals surface area contributed by atoms with Gasteiger partial charge in [0.1, 0.15) is 6.04 Å². The van der Waals surface area contributed by atoms with Crippen molar-refractivity contribution in [2.75, 3.05) is 27.2 Å². The number of benzene rings is 1. The summed E-state index contributed by atoms with van der Waals surface area (Å²) >= 11 is 0. The van der Waals surface area contributed by atoms with Crippen molar-refractivity contribution in [2.45, 2.75) is 50.2 Å². The fraction of sp³-hybridized carbons (Fsp3) is 0.600. The molecular weight excluding hydrogens is 394 g/mol. The van der Waals surface area contributed by atoms with Gasteiger partial charge in [-0.25, -0.2) is 13.1 Å². The first-order valence-corrected chi connectivity index (χ1v) is 11.3. The molecule has 2 atom stereocenters. The number of nitrogens with one attached hydrogen (secondary N) is 2. The number of ether oxygens (including phenoxy) is 1. The molecule has 8 nitrogen and oxygen atoms in total. The maximum atomic E-state index is 12.7. The summed E-state index contributed by atoms with van der Waals surface area (Å²) in [5.74, 6) is -0.478. The Morgan fingerprint density at radius 3 is 2.59 bits per heavy atom. The largest absolute Gasteiger partial charge is 0.377 e. The highest BCUT2D eigenvalue weighted by atomic mass is 32.2. The number of likely N-dealkylation sites (N-methyl/N-ethyl adjacent to an activating group) is 1. The summed E-state index contributed by atoms with van der Waals surface area (Å²) in [6.45, 7) is 4.78. The number of nitrogens with zero attached hydrogens (tertiary/aromatic N) is 1. The van der Waals surface area contributed by atoms with Crippen LogP contribution in [0, 0.1) is 5.92 Å². The topological polar surface area (TPSA) is 105 Å². The highest BCUT2D eigenvalue weighted by Crippen LogP contribution is 2.15. The standard InChI is InChI=1S/C20H31N3O5S/c1-14(2)11-18(20(25)23(3)4)22-19(24)15-7-5-9-17(12-15)29(26,27)21-13-16-8-6-10-28-16/h5,7,9,12,14,16,18,21H,6,8,10-11,13H2,1-4H3,(H,22,24)/t16-,18+/m0/s1. The summed E-state index contributed by atoms with van der Waals surface area (Å²) in [6, 6.07) is 5.13. The van der Waals surface area contributed by atoms with Crippen LogP contribution in [0.2, 0.25) is 0 Å². The molecule has 2 rings (SSSR count). The summed E-state index contributed by atoms with van der Waals surface area (Å²) in [7, 11) is -0.499. The van der Waals surface area contributed by atoms with Gasteiger partial charge in [-0.15, -0.1) is 0 Å². The van der Waals surface area contributed by atoms with Crippen LogP contribution in [0.1, 0.15) is 43.5 Å². The van der Waals surface area contributed by atoms with E-state index in [9.17, 15) is 18.0 Å². The Morgan fingerprint density at radius 1 is 1.28 bits per heavy atom. The lowest BCUT2D eigenvalue weighted by molar-refractivity contribution is -0.131. The molecule has 0 saturated carbocycles. The maximum Gasteiger partial charge on any atom is 0.251 e. The van der Waals surface area contributed by atoms with Gasteiger partial charge >= 0.3 is 0 Å². The van der Waals surface area contributed by atoms with E-state index >= 15 is 0 Å². The highest BCUT2D eigenvalue weighted by molar-refractivity contribution is 7.89.